The van der Waals surface area contributed by atoms with Gasteiger partial charge in [-0.05, 0) is 61.6 Å². The molecule has 174 valence electrons. The van der Waals surface area contributed by atoms with Gasteiger partial charge in [0.1, 0.15) is 11.1 Å². The molecule has 0 aliphatic carbocycles. The minimum atomic E-state index is -0.710. The average Bonchev–Trinajstić information content (AvgIpc) is 2.82. The van der Waals surface area contributed by atoms with Crippen LogP contribution in [0.3, 0.4) is 0 Å². The van der Waals surface area contributed by atoms with Crippen LogP contribution in [0.15, 0.2) is 76.5 Å². The highest BCUT2D eigenvalue weighted by molar-refractivity contribution is 5.86. The summed E-state index contributed by atoms with van der Waals surface area (Å²) in [6.45, 7) is 4.70. The van der Waals surface area contributed by atoms with Crippen LogP contribution in [0.25, 0.3) is 22.1 Å². The average molecular weight is 451 g/mol. The van der Waals surface area contributed by atoms with Crippen molar-refractivity contribution in [3.05, 3.63) is 89.1 Å². The second kappa shape index (κ2) is 12.8. The van der Waals surface area contributed by atoms with Crippen LogP contribution in [0, 0.1) is 5.82 Å². The molecule has 0 bridgehead atoms. The number of hydrogen-bond acceptors (Lipinski definition) is 4. The maximum absolute atomic E-state index is 14.9. The van der Waals surface area contributed by atoms with E-state index in [2.05, 4.69) is 18.7 Å². The number of ether oxygens (including phenoxy) is 2. The normalized spacial score (nSPS) is 11.3. The van der Waals surface area contributed by atoms with Crippen LogP contribution in [0.2, 0.25) is 0 Å². The summed E-state index contributed by atoms with van der Waals surface area (Å²) in [7, 11) is 1.64. The van der Waals surface area contributed by atoms with E-state index in [1.165, 1.54) is 5.56 Å². The highest BCUT2D eigenvalue weighted by Gasteiger charge is 2.15. The number of hydrogen-bond donors (Lipinski definition) is 0. The van der Waals surface area contributed by atoms with Crippen molar-refractivity contribution in [1.82, 2.24) is 0 Å². The molecule has 0 aliphatic rings. The quantitative estimate of drug-likeness (QED) is 0.211. The van der Waals surface area contributed by atoms with Crippen LogP contribution in [0.1, 0.15) is 37.7 Å². The summed E-state index contributed by atoms with van der Waals surface area (Å²) in [5.41, 5.74) is 1.27. The Balaban J connectivity index is 1.70. The van der Waals surface area contributed by atoms with Crippen LogP contribution in [-0.2, 0) is 11.2 Å². The van der Waals surface area contributed by atoms with Gasteiger partial charge in [-0.3, -0.25) is 0 Å². The molecule has 1 heterocycles. The minimum Gasteiger partial charge on any atom is -0.490 e. The molecule has 0 saturated heterocycles. The van der Waals surface area contributed by atoms with Crippen molar-refractivity contribution >= 4 is 10.8 Å². The minimum absolute atomic E-state index is 0.0582. The van der Waals surface area contributed by atoms with E-state index in [1.807, 2.05) is 30.3 Å². The number of benzene rings is 2. The lowest BCUT2D eigenvalue weighted by molar-refractivity contribution is 0.183. The summed E-state index contributed by atoms with van der Waals surface area (Å²) in [6.07, 6.45) is 11.8. The van der Waals surface area contributed by atoms with Gasteiger partial charge < -0.3 is 13.9 Å². The Morgan fingerprint density at radius 2 is 1.76 bits per heavy atom. The molecule has 0 N–H and O–H groups in total. The van der Waals surface area contributed by atoms with E-state index in [-0.39, 0.29) is 11.1 Å². The highest BCUT2D eigenvalue weighted by Crippen LogP contribution is 2.28. The first kappa shape index (κ1) is 24.5. The van der Waals surface area contributed by atoms with Crippen LogP contribution in [0.5, 0.6) is 5.75 Å². The van der Waals surface area contributed by atoms with Crippen molar-refractivity contribution in [2.45, 2.75) is 38.5 Å². The zero-order valence-corrected chi connectivity index (χ0v) is 19.1. The van der Waals surface area contributed by atoms with E-state index in [4.69, 9.17) is 13.9 Å². The lowest BCUT2D eigenvalue weighted by Gasteiger charge is -2.09. The summed E-state index contributed by atoms with van der Waals surface area (Å²) in [5.74, 6) is -0.213. The highest BCUT2D eigenvalue weighted by atomic mass is 19.1. The molecule has 33 heavy (non-hydrogen) atoms. The molecule has 0 amide bonds. The van der Waals surface area contributed by atoms with Gasteiger partial charge in [-0.2, -0.15) is 0 Å². The first-order valence-electron chi connectivity index (χ1n) is 11.4. The van der Waals surface area contributed by atoms with Gasteiger partial charge in [-0.15, -0.1) is 6.58 Å². The fourth-order valence-electron chi connectivity index (χ4n) is 3.54. The Labute approximate surface area is 194 Å². The standard InChI is InChI=1S/C28H31FO4/c1-3-4-5-6-7-8-11-21-12-14-22(15-13-21)25-20-23-16-17-24(32-19-10-9-18-31-2)27(29)26(23)28(30)33-25/h3,6-7,12-17,20H,1,4-5,8-11,18-19H2,2H3/b7-6+. The zero-order valence-electron chi connectivity index (χ0n) is 19.1. The first-order chi connectivity index (χ1) is 16.1. The number of halogens is 1. The van der Waals surface area contributed by atoms with Crippen LogP contribution < -0.4 is 10.4 Å². The summed E-state index contributed by atoms with van der Waals surface area (Å²) < 4.78 is 30.9. The van der Waals surface area contributed by atoms with E-state index >= 15 is 0 Å². The number of methoxy groups -OCH3 is 1. The Kier molecular flexibility index (Phi) is 9.45. The van der Waals surface area contributed by atoms with Gasteiger partial charge in [0, 0.05) is 19.3 Å². The van der Waals surface area contributed by atoms with Crippen LogP contribution >= 0.6 is 0 Å². The van der Waals surface area contributed by atoms with Gasteiger partial charge in [0.05, 0.1) is 6.61 Å². The smallest absolute Gasteiger partial charge is 0.347 e. The third-order valence-electron chi connectivity index (χ3n) is 5.37. The predicted molar refractivity (Wildman–Crippen MR) is 131 cm³/mol. The molecule has 5 heteroatoms. The second-order valence-electron chi connectivity index (χ2n) is 7.86. The molecule has 0 fully saturated rings. The van der Waals surface area contributed by atoms with E-state index in [0.29, 0.717) is 24.4 Å². The Morgan fingerprint density at radius 3 is 2.52 bits per heavy atom. The zero-order chi connectivity index (χ0) is 23.5. The predicted octanol–water partition coefficient (Wildman–Crippen LogP) is 6.86. The number of rotatable bonds is 13. The molecule has 3 aromatic rings. The number of allylic oxidation sites excluding steroid dienone is 3. The van der Waals surface area contributed by atoms with E-state index in [9.17, 15) is 9.18 Å². The van der Waals surface area contributed by atoms with Gasteiger partial charge in [0.15, 0.2) is 11.6 Å². The van der Waals surface area contributed by atoms with E-state index in [1.54, 1.807) is 25.3 Å². The third kappa shape index (κ3) is 6.90. The van der Waals surface area contributed by atoms with Crippen molar-refractivity contribution in [2.24, 2.45) is 0 Å². The summed E-state index contributed by atoms with van der Waals surface area (Å²) in [5, 5.41) is 0.396. The Hall–Kier alpha value is -3.18. The molecule has 0 aliphatic heterocycles. The van der Waals surface area contributed by atoms with Crippen molar-refractivity contribution in [2.75, 3.05) is 20.3 Å². The second-order valence-corrected chi connectivity index (χ2v) is 7.86. The van der Waals surface area contributed by atoms with E-state index in [0.717, 1.165) is 44.1 Å². The molecule has 3 rings (SSSR count). The molecule has 0 spiro atoms. The summed E-state index contributed by atoms with van der Waals surface area (Å²) in [4.78, 5) is 12.6. The topological polar surface area (TPSA) is 48.7 Å². The monoisotopic (exact) mass is 450 g/mol. The summed E-state index contributed by atoms with van der Waals surface area (Å²) in [6, 6.07) is 12.8. The lowest BCUT2D eigenvalue weighted by atomic mass is 10.0. The third-order valence-corrected chi connectivity index (χ3v) is 5.37. The maximum Gasteiger partial charge on any atom is 0.347 e. The largest absolute Gasteiger partial charge is 0.490 e. The molecule has 0 unspecified atom stereocenters. The maximum atomic E-state index is 14.9. The first-order valence-corrected chi connectivity index (χ1v) is 11.4. The Bertz CT molecular complexity index is 1130. The van der Waals surface area contributed by atoms with E-state index < -0.39 is 11.4 Å². The van der Waals surface area contributed by atoms with Crippen molar-refractivity contribution in [3.63, 3.8) is 0 Å². The Morgan fingerprint density at radius 1 is 1.00 bits per heavy atom. The molecular weight excluding hydrogens is 419 g/mol. The number of aryl methyl sites for hydroxylation is 1. The lowest BCUT2D eigenvalue weighted by Crippen LogP contribution is -2.06. The fraction of sp³-hybridized carbons (Fsp3) is 0.321. The number of fused-ring (bicyclic) bond motifs is 1. The summed E-state index contributed by atoms with van der Waals surface area (Å²) >= 11 is 0. The van der Waals surface area contributed by atoms with Crippen LogP contribution in [-0.4, -0.2) is 20.3 Å². The van der Waals surface area contributed by atoms with Crippen LogP contribution in [0.4, 0.5) is 4.39 Å². The van der Waals surface area contributed by atoms with Gasteiger partial charge in [-0.1, -0.05) is 48.6 Å². The van der Waals surface area contributed by atoms with Crippen molar-refractivity contribution < 1.29 is 18.3 Å². The molecule has 2 aromatic carbocycles. The molecule has 0 saturated carbocycles. The number of unbranched alkanes of at least 4 members (excludes halogenated alkanes) is 2. The molecule has 1 aromatic heterocycles. The van der Waals surface area contributed by atoms with Crippen molar-refractivity contribution in [3.8, 4) is 17.1 Å². The molecule has 0 atom stereocenters. The van der Waals surface area contributed by atoms with Gasteiger partial charge in [0.25, 0.3) is 0 Å². The molecule has 0 radical (unpaired) electrons. The van der Waals surface area contributed by atoms with Gasteiger partial charge >= 0.3 is 5.63 Å². The SMILES string of the molecule is C=CCC/C=C/CCc1ccc(-c2cc3ccc(OCCCCOC)c(F)c3c(=O)o2)cc1. The molecule has 4 nitrogen and oxygen atoms in total. The van der Waals surface area contributed by atoms with Gasteiger partial charge in [0.2, 0.25) is 0 Å². The van der Waals surface area contributed by atoms with Crippen molar-refractivity contribution in [1.29, 1.82) is 0 Å². The fourth-order valence-corrected chi connectivity index (χ4v) is 3.54. The van der Waals surface area contributed by atoms with Gasteiger partial charge in [-0.25, -0.2) is 9.18 Å². The molecular formula is C28H31FO4.